The van der Waals surface area contributed by atoms with Crippen LogP contribution >= 0.6 is 11.6 Å². The van der Waals surface area contributed by atoms with Crippen LogP contribution in [0.15, 0.2) is 6.20 Å². The van der Waals surface area contributed by atoms with Crippen LogP contribution < -0.4 is 5.32 Å². The van der Waals surface area contributed by atoms with Gasteiger partial charge in [0.05, 0.1) is 17.5 Å². The third-order valence-corrected chi connectivity index (χ3v) is 3.36. The van der Waals surface area contributed by atoms with Gasteiger partial charge in [0.25, 0.3) is 5.91 Å². The van der Waals surface area contributed by atoms with Crippen LogP contribution in [0, 0.1) is 0 Å². The molecule has 118 valence electrons. The van der Waals surface area contributed by atoms with Crippen molar-refractivity contribution < 1.29 is 18.0 Å². The van der Waals surface area contributed by atoms with E-state index in [9.17, 15) is 18.0 Å². The molecule has 2 N–H and O–H groups in total. The first-order valence-corrected chi connectivity index (χ1v) is 6.73. The summed E-state index contributed by atoms with van der Waals surface area (Å²) in [6, 6.07) is 0. The van der Waals surface area contributed by atoms with Crippen LogP contribution in [0.25, 0.3) is 0 Å². The van der Waals surface area contributed by atoms with Crippen LogP contribution in [-0.2, 0) is 6.54 Å². The lowest BCUT2D eigenvalue weighted by Gasteiger charge is -2.04. The van der Waals surface area contributed by atoms with E-state index in [4.69, 9.17) is 11.6 Å². The third-order valence-electron chi connectivity index (χ3n) is 3.08. The number of carbonyl (C=O) groups excluding carboxylic acids is 1. The number of rotatable bonds is 4. The number of anilines is 1. The molecule has 0 spiro atoms. The summed E-state index contributed by atoms with van der Waals surface area (Å²) in [6.07, 6.45) is -1.56. The van der Waals surface area contributed by atoms with E-state index in [0.717, 1.165) is 19.0 Å². The van der Waals surface area contributed by atoms with Crippen molar-refractivity contribution in [3.05, 3.63) is 22.6 Å². The Hall–Kier alpha value is -2.10. The highest BCUT2D eigenvalue weighted by Crippen LogP contribution is 2.42. The number of H-pyrrole nitrogens is 1. The predicted octanol–water partition coefficient (Wildman–Crippen LogP) is 2.35. The number of aromatic nitrogens is 5. The molecule has 0 aliphatic heterocycles. The van der Waals surface area contributed by atoms with Gasteiger partial charge in [-0.15, -0.1) is 5.10 Å². The topological polar surface area (TPSA) is 88.5 Å². The van der Waals surface area contributed by atoms with E-state index in [2.05, 4.69) is 25.8 Å². The summed E-state index contributed by atoms with van der Waals surface area (Å²) in [5, 5.41) is 15.7. The number of hydrogen-bond donors (Lipinski definition) is 2. The molecule has 1 amide bonds. The van der Waals surface area contributed by atoms with Crippen molar-refractivity contribution in [2.45, 2.75) is 31.5 Å². The minimum absolute atomic E-state index is 0.0158. The van der Waals surface area contributed by atoms with Crippen molar-refractivity contribution in [2.24, 2.45) is 0 Å². The van der Waals surface area contributed by atoms with Crippen molar-refractivity contribution in [1.29, 1.82) is 0 Å². The second kappa shape index (κ2) is 5.27. The number of aromatic amines is 1. The summed E-state index contributed by atoms with van der Waals surface area (Å²) in [6.45, 7) is -1.28. The van der Waals surface area contributed by atoms with E-state index in [1.54, 1.807) is 0 Å². The van der Waals surface area contributed by atoms with E-state index in [0.29, 0.717) is 10.4 Å². The Labute approximate surface area is 126 Å². The molecule has 11 heteroatoms. The molecule has 3 rings (SSSR count). The van der Waals surface area contributed by atoms with Crippen molar-refractivity contribution in [1.82, 2.24) is 25.2 Å². The van der Waals surface area contributed by atoms with Crippen molar-refractivity contribution in [3.8, 4) is 0 Å². The Morgan fingerprint density at radius 1 is 1.50 bits per heavy atom. The molecule has 2 aromatic rings. The van der Waals surface area contributed by atoms with Crippen molar-refractivity contribution >= 4 is 23.3 Å². The highest BCUT2D eigenvalue weighted by atomic mass is 35.5. The fourth-order valence-electron chi connectivity index (χ4n) is 2.01. The zero-order valence-electron chi connectivity index (χ0n) is 11.0. The Morgan fingerprint density at radius 3 is 2.86 bits per heavy atom. The Morgan fingerprint density at radius 2 is 2.23 bits per heavy atom. The normalized spacial score (nSPS) is 15.1. The lowest BCUT2D eigenvalue weighted by atomic mass is 10.1. The molecule has 1 aliphatic rings. The molecule has 0 saturated heterocycles. The van der Waals surface area contributed by atoms with E-state index in [1.807, 2.05) is 0 Å². The molecule has 0 radical (unpaired) electrons. The van der Waals surface area contributed by atoms with E-state index >= 15 is 0 Å². The standard InChI is InChI=1S/C11H10ClF3N6O/c12-9-7(8(18-19-9)5-1-2-5)10(22)16-6-3-21(20-17-6)4-11(13,14)15/h3,5H,1-2,4H2,(H,16,22)(H,18,19). The average molecular weight is 335 g/mol. The van der Waals surface area contributed by atoms with Gasteiger partial charge in [-0.1, -0.05) is 16.8 Å². The van der Waals surface area contributed by atoms with Crippen molar-refractivity contribution in [2.75, 3.05) is 5.32 Å². The number of hydrogen-bond acceptors (Lipinski definition) is 4. The minimum atomic E-state index is -4.41. The maximum absolute atomic E-state index is 12.2. The molecular formula is C11H10ClF3N6O. The summed E-state index contributed by atoms with van der Waals surface area (Å²) in [7, 11) is 0. The smallest absolute Gasteiger partial charge is 0.304 e. The van der Waals surface area contributed by atoms with Crippen molar-refractivity contribution in [3.63, 3.8) is 0 Å². The van der Waals surface area contributed by atoms with Crippen LogP contribution in [0.3, 0.4) is 0 Å². The van der Waals surface area contributed by atoms with E-state index in [-0.39, 0.29) is 22.5 Å². The lowest BCUT2D eigenvalue weighted by Crippen LogP contribution is -2.18. The van der Waals surface area contributed by atoms with Crippen LogP contribution in [0.2, 0.25) is 5.15 Å². The van der Waals surface area contributed by atoms with Gasteiger partial charge in [-0.2, -0.15) is 18.3 Å². The fraction of sp³-hybridized carbons (Fsp3) is 0.455. The highest BCUT2D eigenvalue weighted by molar-refractivity contribution is 6.33. The molecular weight excluding hydrogens is 325 g/mol. The van der Waals surface area contributed by atoms with Gasteiger partial charge in [-0.05, 0) is 12.8 Å². The Balaban J connectivity index is 1.73. The summed E-state index contributed by atoms with van der Waals surface area (Å²) in [5.41, 5.74) is 0.819. The molecule has 1 saturated carbocycles. The number of halogens is 4. The van der Waals surface area contributed by atoms with E-state index in [1.165, 1.54) is 0 Å². The Bertz CT molecular complexity index is 705. The molecule has 1 aliphatic carbocycles. The molecule has 0 unspecified atom stereocenters. The molecule has 2 heterocycles. The van der Waals surface area contributed by atoms with E-state index < -0.39 is 18.6 Å². The minimum Gasteiger partial charge on any atom is -0.304 e. The monoisotopic (exact) mass is 334 g/mol. The lowest BCUT2D eigenvalue weighted by molar-refractivity contribution is -0.142. The third kappa shape index (κ3) is 3.21. The number of alkyl halides is 3. The van der Waals surface area contributed by atoms with Crippen LogP contribution in [0.5, 0.6) is 0 Å². The quantitative estimate of drug-likeness (QED) is 0.898. The van der Waals surface area contributed by atoms with Gasteiger partial charge in [-0.25, -0.2) is 4.68 Å². The van der Waals surface area contributed by atoms with Crippen LogP contribution in [0.1, 0.15) is 34.8 Å². The first kappa shape index (κ1) is 14.8. The zero-order valence-corrected chi connectivity index (χ0v) is 11.7. The number of nitrogens with one attached hydrogen (secondary N) is 2. The van der Waals surface area contributed by atoms with Gasteiger partial charge < -0.3 is 5.32 Å². The molecule has 0 aromatic carbocycles. The number of nitrogens with zero attached hydrogens (tertiary/aromatic N) is 4. The molecule has 7 nitrogen and oxygen atoms in total. The van der Waals surface area contributed by atoms with Crippen LogP contribution in [-0.4, -0.2) is 37.3 Å². The number of amides is 1. The van der Waals surface area contributed by atoms with Gasteiger partial charge in [0.2, 0.25) is 0 Å². The Kier molecular flexibility index (Phi) is 3.55. The molecule has 0 atom stereocenters. The molecule has 1 fully saturated rings. The second-order valence-corrected chi connectivity index (χ2v) is 5.31. The summed E-state index contributed by atoms with van der Waals surface area (Å²) >= 11 is 5.88. The SMILES string of the molecule is O=C(Nc1cn(CC(F)(F)F)nn1)c1c(Cl)n[nH]c1C1CC1. The van der Waals surface area contributed by atoms with Gasteiger partial charge >= 0.3 is 6.18 Å². The fourth-order valence-corrected chi connectivity index (χ4v) is 2.24. The maximum atomic E-state index is 12.2. The number of carbonyl (C=O) groups is 1. The molecule has 22 heavy (non-hydrogen) atoms. The summed E-state index contributed by atoms with van der Waals surface area (Å²) < 4.78 is 37.3. The van der Waals surface area contributed by atoms with Gasteiger partial charge in [0.15, 0.2) is 11.0 Å². The molecule has 2 aromatic heterocycles. The van der Waals surface area contributed by atoms with Gasteiger partial charge in [-0.3, -0.25) is 9.89 Å². The first-order valence-electron chi connectivity index (χ1n) is 6.35. The highest BCUT2D eigenvalue weighted by Gasteiger charge is 2.32. The first-order chi connectivity index (χ1) is 10.3. The zero-order chi connectivity index (χ0) is 15.9. The average Bonchev–Trinajstić information content (AvgIpc) is 3.04. The predicted molar refractivity (Wildman–Crippen MR) is 69.6 cm³/mol. The van der Waals surface area contributed by atoms with Gasteiger partial charge in [0, 0.05) is 5.92 Å². The maximum Gasteiger partial charge on any atom is 0.408 e. The van der Waals surface area contributed by atoms with Gasteiger partial charge in [0.1, 0.15) is 6.54 Å². The second-order valence-electron chi connectivity index (χ2n) is 4.95. The summed E-state index contributed by atoms with van der Waals surface area (Å²) in [5.74, 6) is -0.463. The molecule has 0 bridgehead atoms. The largest absolute Gasteiger partial charge is 0.408 e. The van der Waals surface area contributed by atoms with Crippen LogP contribution in [0.4, 0.5) is 19.0 Å². The summed E-state index contributed by atoms with van der Waals surface area (Å²) in [4.78, 5) is 12.2.